The van der Waals surface area contributed by atoms with Crippen LogP contribution in [-0.4, -0.2) is 79.3 Å². The van der Waals surface area contributed by atoms with Gasteiger partial charge in [-0.1, -0.05) is 0 Å². The number of carbonyl (C=O) groups is 5. The second kappa shape index (κ2) is 12.0. The van der Waals surface area contributed by atoms with Gasteiger partial charge in [0.2, 0.25) is 12.2 Å². The molecule has 1 aliphatic heterocycles. The largest absolute Gasteiger partial charge is 0.493 e. The molecule has 13 heteroatoms. The summed E-state index contributed by atoms with van der Waals surface area (Å²) in [5.41, 5.74) is -0.0716. The maximum atomic E-state index is 12.0. The lowest BCUT2D eigenvalue weighted by Gasteiger charge is -2.44. The molecule has 0 spiro atoms. The van der Waals surface area contributed by atoms with E-state index in [4.69, 9.17) is 28.4 Å². The number of methoxy groups -OCH3 is 1. The molecule has 0 unspecified atom stereocenters. The monoisotopic (exact) mass is 497 g/mol. The van der Waals surface area contributed by atoms with Crippen LogP contribution in [0.15, 0.2) is 18.2 Å². The molecule has 35 heavy (non-hydrogen) atoms. The quantitative estimate of drug-likeness (QED) is 0.356. The fraction of sp³-hybridized carbons (Fsp3) is 0.500. The van der Waals surface area contributed by atoms with Crippen LogP contribution >= 0.6 is 0 Å². The van der Waals surface area contributed by atoms with Crippen molar-refractivity contribution in [3.05, 3.63) is 23.8 Å². The van der Waals surface area contributed by atoms with E-state index in [9.17, 15) is 29.1 Å². The summed E-state index contributed by atoms with van der Waals surface area (Å²) in [6.45, 7) is 4.22. The Morgan fingerprint density at radius 3 is 2.09 bits per heavy atom. The normalized spacial score (nSPS) is 23.4. The third-order valence-corrected chi connectivity index (χ3v) is 4.72. The minimum Gasteiger partial charge on any atom is -0.493 e. The summed E-state index contributed by atoms with van der Waals surface area (Å²) in [6, 6.07) is 2.60. The van der Waals surface area contributed by atoms with Gasteiger partial charge in [0.05, 0.1) is 12.7 Å². The zero-order valence-electron chi connectivity index (χ0n) is 19.8. The fourth-order valence-electron chi connectivity index (χ4n) is 3.41. The molecule has 2 N–H and O–H groups in total. The number of rotatable bonds is 9. The molecule has 1 heterocycles. The van der Waals surface area contributed by atoms with E-state index in [-0.39, 0.29) is 17.1 Å². The van der Waals surface area contributed by atoms with E-state index >= 15 is 0 Å². The van der Waals surface area contributed by atoms with Crippen LogP contribution in [0, 0.1) is 0 Å². The van der Waals surface area contributed by atoms with Gasteiger partial charge < -0.3 is 38.8 Å². The van der Waals surface area contributed by atoms with Crippen LogP contribution in [0.25, 0.3) is 0 Å². The van der Waals surface area contributed by atoms with E-state index in [1.54, 1.807) is 0 Å². The lowest BCUT2D eigenvalue weighted by molar-refractivity contribution is -0.257. The average Bonchev–Trinajstić information content (AvgIpc) is 2.75. The Labute approximate surface area is 200 Å². The highest BCUT2D eigenvalue weighted by molar-refractivity contribution is 5.88. The number of carboxylic acids is 1. The Morgan fingerprint density at radius 1 is 0.943 bits per heavy atom. The molecule has 192 valence electrons. The lowest BCUT2D eigenvalue weighted by Crippen LogP contribution is -2.67. The van der Waals surface area contributed by atoms with Gasteiger partial charge in [0.25, 0.3) is 0 Å². The number of nitrogens with one attached hydrogen (secondary N) is 1. The third-order valence-electron chi connectivity index (χ3n) is 4.72. The molecule has 2 rings (SSSR count). The number of amides is 1. The highest BCUT2D eigenvalue weighted by atomic mass is 16.7. The minimum atomic E-state index is -1.37. The Hall–Kier alpha value is -3.87. The molecular formula is C22H27NO12. The van der Waals surface area contributed by atoms with Crippen molar-refractivity contribution in [2.24, 2.45) is 0 Å². The van der Waals surface area contributed by atoms with Crippen LogP contribution in [0.1, 0.15) is 38.1 Å². The molecule has 1 aromatic rings. The van der Waals surface area contributed by atoms with E-state index in [1.165, 1.54) is 32.2 Å². The van der Waals surface area contributed by atoms with Crippen molar-refractivity contribution in [3.8, 4) is 11.5 Å². The van der Waals surface area contributed by atoms with Crippen LogP contribution in [-0.2, 0) is 38.1 Å². The number of hydrogen-bond acceptors (Lipinski definition) is 11. The van der Waals surface area contributed by atoms with E-state index < -0.39 is 67.0 Å². The van der Waals surface area contributed by atoms with Gasteiger partial charge in [-0.15, -0.1) is 0 Å². The van der Waals surface area contributed by atoms with E-state index in [0.717, 1.165) is 20.8 Å². The Kier molecular flexibility index (Phi) is 9.40. The fourth-order valence-corrected chi connectivity index (χ4v) is 3.41. The maximum absolute atomic E-state index is 12.0. The Balaban J connectivity index is 2.52. The number of aromatic carboxylic acids is 1. The van der Waals surface area contributed by atoms with Crippen molar-refractivity contribution >= 4 is 29.8 Å². The second-order valence-corrected chi connectivity index (χ2v) is 7.51. The van der Waals surface area contributed by atoms with Crippen LogP contribution in [0.5, 0.6) is 11.5 Å². The zero-order chi connectivity index (χ0) is 26.3. The standard InChI is InChI=1S/C22H27NO12/c1-10(24)23-18-20(33-13(4)27)19(32-12(3)26)17(9-31-11(2)25)35-22(18)34-15-7-6-14(21(28)29)8-16(15)30-5/h6-8,17-20,22H,9H2,1-5H3,(H,23,24)(H,28,29)/t17-,18+,19-,20+,22+/m1/s1. The SMILES string of the molecule is COc1cc(C(=O)O)ccc1O[C@H]1O[C@H](COC(C)=O)[C@@H](OC(C)=O)[C@@H](OC(C)=O)[C@@H]1NC(C)=O. The van der Waals surface area contributed by atoms with E-state index in [2.05, 4.69) is 5.32 Å². The molecule has 0 saturated carbocycles. The highest BCUT2D eigenvalue weighted by Crippen LogP contribution is 2.33. The van der Waals surface area contributed by atoms with E-state index in [0.29, 0.717) is 0 Å². The molecule has 0 bridgehead atoms. The van der Waals surface area contributed by atoms with Crippen LogP contribution in [0.2, 0.25) is 0 Å². The summed E-state index contributed by atoms with van der Waals surface area (Å²) in [5, 5.41) is 11.8. The maximum Gasteiger partial charge on any atom is 0.335 e. The number of benzene rings is 1. The molecule has 1 amide bonds. The van der Waals surface area contributed by atoms with Crippen LogP contribution < -0.4 is 14.8 Å². The molecule has 13 nitrogen and oxygen atoms in total. The highest BCUT2D eigenvalue weighted by Gasteiger charge is 2.52. The van der Waals surface area contributed by atoms with Gasteiger partial charge in [0.15, 0.2) is 23.7 Å². The summed E-state index contributed by atoms with van der Waals surface area (Å²) < 4.78 is 32.7. The molecule has 0 aromatic heterocycles. The van der Waals surface area contributed by atoms with Crippen molar-refractivity contribution in [2.75, 3.05) is 13.7 Å². The van der Waals surface area contributed by atoms with Crippen molar-refractivity contribution in [1.82, 2.24) is 5.32 Å². The van der Waals surface area contributed by atoms with Crippen LogP contribution in [0.3, 0.4) is 0 Å². The molecule has 5 atom stereocenters. The van der Waals surface area contributed by atoms with E-state index in [1.807, 2.05) is 0 Å². The summed E-state index contributed by atoms with van der Waals surface area (Å²) in [6.07, 6.45) is -5.11. The topological polar surface area (TPSA) is 173 Å². The minimum absolute atomic E-state index is 0.0385. The molecule has 1 fully saturated rings. The number of carbonyl (C=O) groups excluding carboxylic acids is 4. The first-order chi connectivity index (χ1) is 16.4. The van der Waals surface area contributed by atoms with Crippen molar-refractivity contribution < 1.29 is 57.5 Å². The second-order valence-electron chi connectivity index (χ2n) is 7.51. The first-order valence-corrected chi connectivity index (χ1v) is 10.4. The predicted octanol–water partition coefficient (Wildman–Crippen LogP) is 0.428. The van der Waals surface area contributed by atoms with Gasteiger partial charge >= 0.3 is 23.9 Å². The Morgan fingerprint density at radius 2 is 1.57 bits per heavy atom. The van der Waals surface area contributed by atoms with Crippen molar-refractivity contribution in [1.29, 1.82) is 0 Å². The summed E-state index contributed by atoms with van der Waals surface area (Å²) >= 11 is 0. The van der Waals surface area contributed by atoms with Gasteiger partial charge in [-0.25, -0.2) is 4.79 Å². The molecule has 1 aromatic carbocycles. The van der Waals surface area contributed by atoms with Crippen molar-refractivity contribution in [2.45, 2.75) is 58.3 Å². The van der Waals surface area contributed by atoms with Gasteiger partial charge in [-0.2, -0.15) is 0 Å². The van der Waals surface area contributed by atoms with Gasteiger partial charge in [-0.05, 0) is 18.2 Å². The number of carboxylic acid groups (broad SMARTS) is 1. The molecular weight excluding hydrogens is 470 g/mol. The smallest absolute Gasteiger partial charge is 0.335 e. The van der Waals surface area contributed by atoms with Gasteiger partial charge in [-0.3, -0.25) is 19.2 Å². The molecule has 1 saturated heterocycles. The Bertz CT molecular complexity index is 977. The average molecular weight is 497 g/mol. The van der Waals surface area contributed by atoms with Crippen LogP contribution in [0.4, 0.5) is 0 Å². The van der Waals surface area contributed by atoms with Crippen molar-refractivity contribution in [3.63, 3.8) is 0 Å². The molecule has 0 aliphatic carbocycles. The number of ether oxygens (including phenoxy) is 6. The molecule has 1 aliphatic rings. The third kappa shape index (κ3) is 7.57. The van der Waals surface area contributed by atoms with Gasteiger partial charge in [0.1, 0.15) is 18.8 Å². The summed E-state index contributed by atoms with van der Waals surface area (Å²) in [7, 11) is 1.29. The number of esters is 3. The lowest BCUT2D eigenvalue weighted by atomic mass is 9.96. The predicted molar refractivity (Wildman–Crippen MR) is 115 cm³/mol. The van der Waals surface area contributed by atoms with Gasteiger partial charge in [0, 0.05) is 27.7 Å². The first-order valence-electron chi connectivity index (χ1n) is 10.4. The zero-order valence-corrected chi connectivity index (χ0v) is 19.8. The summed E-state index contributed by atoms with van der Waals surface area (Å²) in [4.78, 5) is 58.4. The number of hydrogen-bond donors (Lipinski definition) is 2. The first kappa shape index (κ1) is 27.4. The molecule has 0 radical (unpaired) electrons. The summed E-state index contributed by atoms with van der Waals surface area (Å²) in [5.74, 6) is -3.80.